The number of amides is 2. The third-order valence-corrected chi connectivity index (χ3v) is 6.08. The maximum absolute atomic E-state index is 13.6. The van der Waals surface area contributed by atoms with Gasteiger partial charge < -0.3 is 10.2 Å². The van der Waals surface area contributed by atoms with Crippen LogP contribution in [-0.2, 0) is 29.0 Å². The molecule has 0 unspecified atom stereocenters. The van der Waals surface area contributed by atoms with Crippen LogP contribution in [0.25, 0.3) is 0 Å². The first-order valence-electron chi connectivity index (χ1n) is 11.1. The number of hydrogen-bond acceptors (Lipinski definition) is 2. The van der Waals surface area contributed by atoms with Gasteiger partial charge in [-0.15, -0.1) is 0 Å². The van der Waals surface area contributed by atoms with E-state index >= 15 is 0 Å². The third-order valence-electron chi connectivity index (χ3n) is 5.33. The van der Waals surface area contributed by atoms with Crippen molar-refractivity contribution in [3.8, 4) is 0 Å². The largest absolute Gasteiger partial charge is 0.354 e. The van der Waals surface area contributed by atoms with Gasteiger partial charge in [0.2, 0.25) is 11.8 Å². The van der Waals surface area contributed by atoms with E-state index in [2.05, 4.69) is 21.2 Å². The number of benzene rings is 3. The van der Waals surface area contributed by atoms with Gasteiger partial charge in [0.25, 0.3) is 0 Å². The maximum Gasteiger partial charge on any atom is 0.243 e. The summed E-state index contributed by atoms with van der Waals surface area (Å²) in [5, 5.41) is 3.62. The summed E-state index contributed by atoms with van der Waals surface area (Å²) in [6.07, 6.45) is 1.46. The molecule has 3 aromatic rings. The molecule has 0 heterocycles. The minimum absolute atomic E-state index is 0.107. The zero-order chi connectivity index (χ0) is 23.6. The van der Waals surface area contributed by atoms with E-state index in [4.69, 9.17) is 11.6 Å². The van der Waals surface area contributed by atoms with Gasteiger partial charge in [-0.3, -0.25) is 9.59 Å². The third kappa shape index (κ3) is 7.72. The fraction of sp³-hybridized carbons (Fsp3) is 0.259. The van der Waals surface area contributed by atoms with Gasteiger partial charge in [-0.25, -0.2) is 0 Å². The first kappa shape index (κ1) is 25.0. The molecule has 0 spiro atoms. The van der Waals surface area contributed by atoms with E-state index in [1.165, 1.54) is 0 Å². The van der Waals surface area contributed by atoms with Crippen LogP contribution in [0.3, 0.4) is 0 Å². The zero-order valence-electron chi connectivity index (χ0n) is 18.6. The van der Waals surface area contributed by atoms with Gasteiger partial charge in [0.15, 0.2) is 0 Å². The monoisotopic (exact) mass is 526 g/mol. The molecule has 1 N–H and O–H groups in total. The van der Waals surface area contributed by atoms with Gasteiger partial charge in [-0.05, 0) is 47.4 Å². The van der Waals surface area contributed by atoms with Crippen molar-refractivity contribution in [3.63, 3.8) is 0 Å². The average molecular weight is 528 g/mol. The van der Waals surface area contributed by atoms with Crippen LogP contribution >= 0.6 is 27.5 Å². The lowest BCUT2D eigenvalue weighted by Crippen LogP contribution is -2.51. The Kier molecular flexibility index (Phi) is 9.52. The SMILES string of the molecule is CCCNC(=O)[C@@H](Cc1ccccc1)N(Cc1cccc(Br)c1)C(=O)Cc1ccc(Cl)cc1. The quantitative estimate of drug-likeness (QED) is 0.362. The average Bonchev–Trinajstić information content (AvgIpc) is 2.82. The lowest BCUT2D eigenvalue weighted by Gasteiger charge is -2.31. The van der Waals surface area contributed by atoms with Gasteiger partial charge in [0, 0.05) is 29.0 Å². The number of halogens is 2. The van der Waals surface area contributed by atoms with Crippen LogP contribution in [0.1, 0.15) is 30.0 Å². The lowest BCUT2D eigenvalue weighted by atomic mass is 10.0. The van der Waals surface area contributed by atoms with E-state index in [0.29, 0.717) is 24.5 Å². The molecule has 33 heavy (non-hydrogen) atoms. The number of carbonyl (C=O) groups excluding carboxylic acids is 2. The van der Waals surface area contributed by atoms with E-state index in [1.54, 1.807) is 17.0 Å². The number of hydrogen-bond donors (Lipinski definition) is 1. The molecule has 0 fully saturated rings. The molecule has 0 aliphatic heterocycles. The molecule has 3 aromatic carbocycles. The van der Waals surface area contributed by atoms with E-state index < -0.39 is 6.04 Å². The molecule has 0 saturated carbocycles. The van der Waals surface area contributed by atoms with Gasteiger partial charge >= 0.3 is 0 Å². The van der Waals surface area contributed by atoms with Crippen LogP contribution in [0, 0.1) is 0 Å². The molecule has 0 aliphatic carbocycles. The zero-order valence-corrected chi connectivity index (χ0v) is 21.0. The normalized spacial score (nSPS) is 11.6. The Hall–Kier alpha value is -2.63. The summed E-state index contributed by atoms with van der Waals surface area (Å²) in [5.41, 5.74) is 2.82. The molecule has 0 aliphatic rings. The van der Waals surface area contributed by atoms with E-state index in [9.17, 15) is 9.59 Å². The Balaban J connectivity index is 1.94. The topological polar surface area (TPSA) is 49.4 Å². The summed E-state index contributed by atoms with van der Waals surface area (Å²) in [4.78, 5) is 28.6. The van der Waals surface area contributed by atoms with Crippen LogP contribution in [-0.4, -0.2) is 29.3 Å². The first-order valence-corrected chi connectivity index (χ1v) is 12.2. The van der Waals surface area contributed by atoms with Crippen LogP contribution in [0.2, 0.25) is 5.02 Å². The highest BCUT2D eigenvalue weighted by molar-refractivity contribution is 9.10. The smallest absolute Gasteiger partial charge is 0.243 e. The minimum atomic E-state index is -0.627. The number of rotatable bonds is 10. The minimum Gasteiger partial charge on any atom is -0.354 e. The highest BCUT2D eigenvalue weighted by atomic mass is 79.9. The molecule has 2 amide bonds. The molecule has 4 nitrogen and oxygen atoms in total. The highest BCUT2D eigenvalue weighted by Crippen LogP contribution is 2.19. The van der Waals surface area contributed by atoms with Crippen LogP contribution < -0.4 is 5.32 Å². The van der Waals surface area contributed by atoms with Crippen molar-refractivity contribution in [2.75, 3.05) is 6.54 Å². The summed E-state index contributed by atoms with van der Waals surface area (Å²) in [6, 6.07) is 24.3. The first-order chi connectivity index (χ1) is 16.0. The standard InChI is InChI=1S/C27H28BrClN2O2/c1-2-15-30-27(33)25(17-20-7-4-3-5-8-20)31(19-22-9-6-10-23(28)16-22)26(32)18-21-11-13-24(29)14-12-21/h3-14,16,25H,2,15,17-19H2,1H3,(H,30,33)/t25-/m1/s1. The predicted octanol–water partition coefficient (Wildman–Crippen LogP) is 5.81. The maximum atomic E-state index is 13.6. The second-order valence-corrected chi connectivity index (χ2v) is 9.30. The molecule has 0 radical (unpaired) electrons. The van der Waals surface area contributed by atoms with Gasteiger partial charge in [0.1, 0.15) is 6.04 Å². The van der Waals surface area contributed by atoms with Crippen molar-refractivity contribution in [1.82, 2.24) is 10.2 Å². The molecular weight excluding hydrogens is 500 g/mol. The van der Waals surface area contributed by atoms with Crippen molar-refractivity contribution in [2.24, 2.45) is 0 Å². The fourth-order valence-corrected chi connectivity index (χ4v) is 4.20. The molecule has 1 atom stereocenters. The van der Waals surface area contributed by atoms with Crippen LogP contribution in [0.5, 0.6) is 0 Å². The number of nitrogens with one attached hydrogen (secondary N) is 1. The summed E-state index contributed by atoms with van der Waals surface area (Å²) >= 11 is 9.52. The number of nitrogens with zero attached hydrogens (tertiary/aromatic N) is 1. The molecule has 6 heteroatoms. The van der Waals surface area contributed by atoms with Gasteiger partial charge in [-0.1, -0.05) is 89.1 Å². The Labute approximate surface area is 209 Å². The van der Waals surface area contributed by atoms with Crippen molar-refractivity contribution >= 4 is 39.3 Å². The van der Waals surface area contributed by atoms with E-state index in [1.807, 2.05) is 73.7 Å². The van der Waals surface area contributed by atoms with Gasteiger partial charge in [0.05, 0.1) is 6.42 Å². The van der Waals surface area contributed by atoms with Gasteiger partial charge in [-0.2, -0.15) is 0 Å². The molecular formula is C27H28BrClN2O2. The molecule has 0 aromatic heterocycles. The van der Waals surface area contributed by atoms with Crippen molar-refractivity contribution in [2.45, 2.75) is 38.8 Å². The Morgan fingerprint density at radius 3 is 2.30 bits per heavy atom. The molecule has 172 valence electrons. The van der Waals surface area contributed by atoms with Crippen LogP contribution in [0.4, 0.5) is 0 Å². The van der Waals surface area contributed by atoms with Crippen molar-refractivity contribution in [3.05, 3.63) is 105 Å². The highest BCUT2D eigenvalue weighted by Gasteiger charge is 2.30. The van der Waals surface area contributed by atoms with Crippen molar-refractivity contribution < 1.29 is 9.59 Å². The summed E-state index contributed by atoms with van der Waals surface area (Å²) in [5.74, 6) is -0.245. The summed E-state index contributed by atoms with van der Waals surface area (Å²) in [6.45, 7) is 2.92. The Morgan fingerprint density at radius 1 is 0.939 bits per heavy atom. The fourth-order valence-electron chi connectivity index (χ4n) is 3.63. The second-order valence-electron chi connectivity index (χ2n) is 7.95. The second kappa shape index (κ2) is 12.6. The summed E-state index contributed by atoms with van der Waals surface area (Å²) < 4.78 is 0.931. The number of carbonyl (C=O) groups is 2. The Bertz CT molecular complexity index is 1060. The Morgan fingerprint density at radius 2 is 1.64 bits per heavy atom. The molecule has 0 saturated heterocycles. The van der Waals surface area contributed by atoms with Crippen LogP contribution in [0.15, 0.2) is 83.3 Å². The molecule has 3 rings (SSSR count). The van der Waals surface area contributed by atoms with Crippen molar-refractivity contribution in [1.29, 1.82) is 0 Å². The van der Waals surface area contributed by atoms with E-state index in [0.717, 1.165) is 27.6 Å². The summed E-state index contributed by atoms with van der Waals surface area (Å²) in [7, 11) is 0. The lowest BCUT2D eigenvalue weighted by molar-refractivity contribution is -0.140. The predicted molar refractivity (Wildman–Crippen MR) is 137 cm³/mol. The molecule has 0 bridgehead atoms. The van der Waals surface area contributed by atoms with E-state index in [-0.39, 0.29) is 18.2 Å².